The Morgan fingerprint density at radius 3 is 2.63 bits per heavy atom. The lowest BCUT2D eigenvalue weighted by atomic mass is 9.92. The summed E-state index contributed by atoms with van der Waals surface area (Å²) in [4.78, 5) is 11.0. The molecule has 27 heavy (non-hydrogen) atoms. The van der Waals surface area contributed by atoms with Crippen LogP contribution in [0.3, 0.4) is 0 Å². The lowest BCUT2D eigenvalue weighted by molar-refractivity contribution is -0.140. The molecule has 1 saturated carbocycles. The number of benzene rings is 1. The third-order valence-electron chi connectivity index (χ3n) is 4.86. The van der Waals surface area contributed by atoms with Crippen molar-refractivity contribution in [3.05, 3.63) is 42.2 Å². The monoisotopic (exact) mass is 401 g/mol. The third kappa shape index (κ3) is 6.39. The number of carbonyl (C=O) groups excluding carboxylic acids is 1. The fourth-order valence-electron chi connectivity index (χ4n) is 3.28. The molecule has 0 bridgehead atoms. The number of carbonyl (C=O) groups is 1. The van der Waals surface area contributed by atoms with E-state index in [2.05, 4.69) is 9.46 Å². The van der Waals surface area contributed by atoms with Gasteiger partial charge in [-0.15, -0.1) is 0 Å². The van der Waals surface area contributed by atoms with E-state index in [1.807, 2.05) is 12.2 Å². The Morgan fingerprint density at radius 1 is 1.26 bits per heavy atom. The topological polar surface area (TPSA) is 72.5 Å². The van der Waals surface area contributed by atoms with Crippen LogP contribution in [0, 0.1) is 17.7 Å². The van der Waals surface area contributed by atoms with Crippen molar-refractivity contribution in [3.8, 4) is 0 Å². The first-order chi connectivity index (χ1) is 12.8. The van der Waals surface area contributed by atoms with E-state index in [4.69, 9.17) is 0 Å². The quantitative estimate of drug-likeness (QED) is 0.509. The molecule has 0 aliphatic heterocycles. The maximum Gasteiger partial charge on any atom is 0.305 e. The summed E-state index contributed by atoms with van der Waals surface area (Å²) in [5.74, 6) is -1.18. The van der Waals surface area contributed by atoms with Crippen molar-refractivity contribution in [2.45, 2.75) is 43.2 Å². The molecule has 0 spiro atoms. The molecule has 0 aromatic heterocycles. The van der Waals surface area contributed by atoms with E-state index in [1.54, 1.807) is 0 Å². The van der Waals surface area contributed by atoms with Gasteiger partial charge in [-0.05, 0) is 61.8 Å². The summed E-state index contributed by atoms with van der Waals surface area (Å²) in [6, 6.07) is 4.57. The second-order valence-electron chi connectivity index (χ2n) is 6.65. The van der Waals surface area contributed by atoms with Crippen molar-refractivity contribution in [2.24, 2.45) is 11.8 Å². The molecule has 5 nitrogen and oxygen atoms in total. The molecule has 1 N–H and O–H groups in total. The van der Waals surface area contributed by atoms with Crippen LogP contribution in [0.2, 0.25) is 0 Å². The first-order valence-electron chi connectivity index (χ1n) is 8.94. The van der Waals surface area contributed by atoms with E-state index >= 15 is 0 Å². The first kappa shape index (κ1) is 21.5. The van der Waals surface area contributed by atoms with Crippen LogP contribution in [-0.2, 0) is 19.6 Å². The summed E-state index contributed by atoms with van der Waals surface area (Å²) in [7, 11) is -2.43. The fourth-order valence-corrected chi connectivity index (χ4v) is 4.37. The van der Waals surface area contributed by atoms with Crippen LogP contribution in [-0.4, -0.2) is 34.2 Å². The molecule has 3 atom stereocenters. The summed E-state index contributed by atoms with van der Waals surface area (Å²) >= 11 is 0. The van der Waals surface area contributed by atoms with E-state index in [1.165, 1.54) is 19.2 Å². The van der Waals surface area contributed by atoms with Crippen molar-refractivity contribution in [3.63, 3.8) is 0 Å². The van der Waals surface area contributed by atoms with Crippen LogP contribution in [0.15, 0.2) is 41.3 Å². The molecular formula is C19H25F2NO4S. The van der Waals surface area contributed by atoms with Crippen molar-refractivity contribution in [2.75, 3.05) is 13.7 Å². The fraction of sp³-hybridized carbons (Fsp3) is 0.526. The van der Waals surface area contributed by atoms with Crippen molar-refractivity contribution in [1.29, 1.82) is 0 Å². The molecule has 0 radical (unpaired) electrons. The number of allylic oxidation sites excluding steroid dienone is 2. The summed E-state index contributed by atoms with van der Waals surface area (Å²) in [5, 5.41) is 0. The molecule has 0 unspecified atom stereocenters. The first-order valence-corrected chi connectivity index (χ1v) is 10.4. The SMILES string of the molecule is COC(=O)CC/C=C\C[C@@H]1[C@@H](CNS(=O)(=O)c2ccc(F)cc2)CC[C@H]1F. The maximum atomic E-state index is 14.2. The zero-order chi connectivity index (χ0) is 19.9. The standard InChI is InChI=1S/C19H25F2NO4S/c1-26-19(23)6-4-2-3-5-17-14(7-12-18(17)21)13-22-27(24,25)16-10-8-15(20)9-11-16/h2-3,8-11,14,17-18,22H,4-7,12-13H2,1H3/b3-2-/t14-,17-,18-/m1/s1. The summed E-state index contributed by atoms with van der Waals surface area (Å²) in [6.45, 7) is 0.140. The molecule has 1 fully saturated rings. The van der Waals surface area contributed by atoms with Crippen molar-refractivity contribution in [1.82, 2.24) is 4.72 Å². The summed E-state index contributed by atoms with van der Waals surface area (Å²) in [6.07, 6.45) is 4.99. The van der Waals surface area contributed by atoms with Crippen LogP contribution in [0.5, 0.6) is 0 Å². The van der Waals surface area contributed by atoms with Crippen molar-refractivity contribution < 1.29 is 26.7 Å². The number of alkyl halides is 1. The van der Waals surface area contributed by atoms with Gasteiger partial charge >= 0.3 is 5.97 Å². The molecule has 0 saturated heterocycles. The Morgan fingerprint density at radius 2 is 1.96 bits per heavy atom. The maximum absolute atomic E-state index is 14.2. The number of ether oxygens (including phenoxy) is 1. The lowest BCUT2D eigenvalue weighted by Gasteiger charge is -2.20. The van der Waals surface area contributed by atoms with Gasteiger partial charge < -0.3 is 4.74 Å². The molecule has 2 rings (SSSR count). The minimum atomic E-state index is -3.76. The Bertz CT molecular complexity index is 749. The predicted octanol–water partition coefficient (Wildman–Crippen LogP) is 3.37. The average molecular weight is 401 g/mol. The van der Waals surface area contributed by atoms with Gasteiger partial charge in [-0.3, -0.25) is 4.79 Å². The van der Waals surface area contributed by atoms with Gasteiger partial charge in [0.1, 0.15) is 12.0 Å². The number of halogens is 2. The number of sulfonamides is 1. The minimum absolute atomic E-state index is 0.0158. The third-order valence-corrected chi connectivity index (χ3v) is 6.30. The van der Waals surface area contributed by atoms with Crippen LogP contribution < -0.4 is 4.72 Å². The number of nitrogens with one attached hydrogen (secondary N) is 1. The molecule has 1 aromatic carbocycles. The van der Waals surface area contributed by atoms with E-state index in [-0.39, 0.29) is 35.7 Å². The largest absolute Gasteiger partial charge is 0.469 e. The normalized spacial score (nSPS) is 23.0. The predicted molar refractivity (Wildman–Crippen MR) is 97.7 cm³/mol. The van der Waals surface area contributed by atoms with Crippen LogP contribution >= 0.6 is 0 Å². The van der Waals surface area contributed by atoms with Gasteiger partial charge in [0.05, 0.1) is 12.0 Å². The number of hydrogen-bond acceptors (Lipinski definition) is 4. The Labute approximate surface area is 158 Å². The lowest BCUT2D eigenvalue weighted by Crippen LogP contribution is -2.32. The van der Waals surface area contributed by atoms with Gasteiger partial charge in [-0.25, -0.2) is 21.9 Å². The van der Waals surface area contributed by atoms with Crippen LogP contribution in [0.4, 0.5) is 8.78 Å². The molecule has 1 aliphatic carbocycles. The number of esters is 1. The van der Waals surface area contributed by atoms with Gasteiger partial charge in [0.25, 0.3) is 0 Å². The van der Waals surface area contributed by atoms with Crippen LogP contribution in [0.25, 0.3) is 0 Å². The Hall–Kier alpha value is -1.80. The number of methoxy groups -OCH3 is 1. The van der Waals surface area contributed by atoms with Gasteiger partial charge in [-0.1, -0.05) is 12.2 Å². The molecule has 0 heterocycles. The van der Waals surface area contributed by atoms with Gasteiger partial charge in [0, 0.05) is 13.0 Å². The van der Waals surface area contributed by atoms with Gasteiger partial charge in [0.2, 0.25) is 10.0 Å². The second kappa shape index (κ2) is 9.94. The van der Waals surface area contributed by atoms with Gasteiger partial charge in [-0.2, -0.15) is 0 Å². The molecule has 1 aromatic rings. The van der Waals surface area contributed by atoms with Crippen molar-refractivity contribution >= 4 is 16.0 Å². The smallest absolute Gasteiger partial charge is 0.305 e. The summed E-state index contributed by atoms with van der Waals surface area (Å²) in [5.41, 5.74) is 0. The molecule has 0 amide bonds. The van der Waals surface area contributed by atoms with E-state index in [0.29, 0.717) is 25.7 Å². The highest BCUT2D eigenvalue weighted by molar-refractivity contribution is 7.89. The zero-order valence-electron chi connectivity index (χ0n) is 15.2. The molecule has 150 valence electrons. The van der Waals surface area contributed by atoms with Gasteiger partial charge in [0.15, 0.2) is 0 Å². The molecule has 8 heteroatoms. The molecule has 1 aliphatic rings. The van der Waals surface area contributed by atoms with E-state index in [9.17, 15) is 22.0 Å². The average Bonchev–Trinajstić information content (AvgIpc) is 3.00. The highest BCUT2D eigenvalue weighted by Crippen LogP contribution is 2.36. The second-order valence-corrected chi connectivity index (χ2v) is 8.41. The number of rotatable bonds is 9. The zero-order valence-corrected chi connectivity index (χ0v) is 16.1. The van der Waals surface area contributed by atoms with E-state index in [0.717, 1.165) is 12.1 Å². The van der Waals surface area contributed by atoms with E-state index < -0.39 is 22.0 Å². The number of hydrogen-bond donors (Lipinski definition) is 1. The Balaban J connectivity index is 1.88. The van der Waals surface area contributed by atoms with Crippen LogP contribution in [0.1, 0.15) is 32.1 Å². The highest BCUT2D eigenvalue weighted by atomic mass is 32.2. The Kier molecular flexibility index (Phi) is 7.91. The summed E-state index contributed by atoms with van der Waals surface area (Å²) < 4.78 is 58.8. The highest BCUT2D eigenvalue weighted by Gasteiger charge is 2.35. The minimum Gasteiger partial charge on any atom is -0.469 e. The molecular weight excluding hydrogens is 376 g/mol.